The summed E-state index contributed by atoms with van der Waals surface area (Å²) in [5.74, 6) is 0.281. The summed E-state index contributed by atoms with van der Waals surface area (Å²) in [6, 6.07) is 11.9. The van der Waals surface area contributed by atoms with E-state index < -0.39 is 6.03 Å². The lowest BCUT2D eigenvalue weighted by atomic mass is 10.3. The molecule has 0 aliphatic heterocycles. The van der Waals surface area contributed by atoms with Gasteiger partial charge in [-0.1, -0.05) is 22.9 Å². The molecule has 0 saturated carbocycles. The number of hydrogen-bond acceptors (Lipinski definition) is 5. The van der Waals surface area contributed by atoms with Crippen molar-refractivity contribution in [2.75, 3.05) is 10.6 Å². The second-order valence-electron chi connectivity index (χ2n) is 4.83. The largest absolute Gasteiger partial charge is 0.486 e. The second-order valence-corrected chi connectivity index (χ2v) is 6.33. The highest BCUT2D eigenvalue weighted by Gasteiger charge is 2.09. The number of nitrogens with zero attached hydrogens (tertiary/aromatic N) is 2. The summed E-state index contributed by atoms with van der Waals surface area (Å²) < 4.78 is 18.4. The van der Waals surface area contributed by atoms with Crippen molar-refractivity contribution < 1.29 is 13.9 Å². The average Bonchev–Trinajstić information content (AvgIpc) is 3.04. The highest BCUT2D eigenvalue weighted by molar-refractivity contribution is 7.15. The molecular formula is C16H12ClFN4O2S. The van der Waals surface area contributed by atoms with Crippen LogP contribution in [0.4, 0.5) is 20.0 Å². The number of ether oxygens (including phenoxy) is 1. The Balaban J connectivity index is 1.51. The first kappa shape index (κ1) is 17.1. The standard InChI is InChI=1S/C16H12ClFN4O2S/c17-10-1-7-13(8-2-10)24-9-14-21-22-16(25-14)20-15(23)19-12-5-3-11(18)4-6-12/h1-8H,9H2,(H2,19,20,22,23). The first-order chi connectivity index (χ1) is 12.1. The zero-order chi connectivity index (χ0) is 17.6. The molecule has 128 valence electrons. The first-order valence-corrected chi connectivity index (χ1v) is 8.32. The van der Waals surface area contributed by atoms with E-state index in [2.05, 4.69) is 20.8 Å². The minimum absolute atomic E-state index is 0.223. The maximum atomic E-state index is 12.8. The fourth-order valence-corrected chi connectivity index (χ4v) is 2.61. The number of rotatable bonds is 5. The van der Waals surface area contributed by atoms with Crippen LogP contribution in [-0.2, 0) is 6.61 Å². The molecular weight excluding hydrogens is 367 g/mol. The number of aromatic nitrogens is 2. The van der Waals surface area contributed by atoms with E-state index in [-0.39, 0.29) is 12.4 Å². The lowest BCUT2D eigenvalue weighted by Crippen LogP contribution is -2.19. The number of carbonyl (C=O) groups is 1. The van der Waals surface area contributed by atoms with E-state index in [1.165, 1.54) is 35.6 Å². The number of nitrogens with one attached hydrogen (secondary N) is 2. The Hall–Kier alpha value is -2.71. The molecule has 6 nitrogen and oxygen atoms in total. The predicted octanol–water partition coefficient (Wildman–Crippen LogP) is 4.55. The van der Waals surface area contributed by atoms with Crippen molar-refractivity contribution in [3.63, 3.8) is 0 Å². The Morgan fingerprint density at radius 2 is 1.80 bits per heavy atom. The van der Waals surface area contributed by atoms with Gasteiger partial charge in [-0.05, 0) is 48.5 Å². The van der Waals surface area contributed by atoms with Crippen molar-refractivity contribution in [2.24, 2.45) is 0 Å². The molecule has 0 spiro atoms. The third-order valence-corrected chi connectivity index (χ3v) is 4.03. The van der Waals surface area contributed by atoms with Gasteiger partial charge in [-0.2, -0.15) is 0 Å². The summed E-state index contributed by atoms with van der Waals surface area (Å²) in [7, 11) is 0. The lowest BCUT2D eigenvalue weighted by Gasteiger charge is -2.04. The number of hydrogen-bond donors (Lipinski definition) is 2. The van der Waals surface area contributed by atoms with Crippen molar-refractivity contribution >= 4 is 39.8 Å². The topological polar surface area (TPSA) is 76.1 Å². The predicted molar refractivity (Wildman–Crippen MR) is 94.7 cm³/mol. The van der Waals surface area contributed by atoms with Gasteiger partial charge >= 0.3 is 6.03 Å². The van der Waals surface area contributed by atoms with E-state index in [0.29, 0.717) is 26.6 Å². The molecule has 1 heterocycles. The van der Waals surface area contributed by atoms with Gasteiger partial charge < -0.3 is 10.1 Å². The Labute approximate surface area is 151 Å². The molecule has 0 radical (unpaired) electrons. The molecule has 2 aromatic carbocycles. The Morgan fingerprint density at radius 1 is 1.08 bits per heavy atom. The number of amides is 2. The van der Waals surface area contributed by atoms with E-state index in [4.69, 9.17) is 16.3 Å². The molecule has 9 heteroatoms. The van der Waals surface area contributed by atoms with Gasteiger partial charge in [0.15, 0.2) is 5.01 Å². The second kappa shape index (κ2) is 7.91. The molecule has 0 unspecified atom stereocenters. The lowest BCUT2D eigenvalue weighted by molar-refractivity contribution is 0.262. The molecule has 3 rings (SSSR count). The van der Waals surface area contributed by atoms with Crippen LogP contribution in [0.2, 0.25) is 5.02 Å². The van der Waals surface area contributed by atoms with Crippen LogP contribution in [0.1, 0.15) is 5.01 Å². The highest BCUT2D eigenvalue weighted by Crippen LogP contribution is 2.20. The van der Waals surface area contributed by atoms with Gasteiger partial charge in [-0.15, -0.1) is 10.2 Å². The zero-order valence-corrected chi connectivity index (χ0v) is 14.3. The van der Waals surface area contributed by atoms with Crippen LogP contribution >= 0.6 is 22.9 Å². The maximum Gasteiger partial charge on any atom is 0.325 e. The molecule has 0 atom stereocenters. The van der Waals surface area contributed by atoms with E-state index in [1.54, 1.807) is 24.3 Å². The van der Waals surface area contributed by atoms with Crippen LogP contribution in [0.3, 0.4) is 0 Å². The van der Waals surface area contributed by atoms with Gasteiger partial charge in [-0.3, -0.25) is 5.32 Å². The van der Waals surface area contributed by atoms with Crippen LogP contribution in [0.25, 0.3) is 0 Å². The van der Waals surface area contributed by atoms with Gasteiger partial charge in [0.25, 0.3) is 0 Å². The molecule has 1 aromatic heterocycles. The van der Waals surface area contributed by atoms with Crippen LogP contribution in [0, 0.1) is 5.82 Å². The summed E-state index contributed by atoms with van der Waals surface area (Å²) in [5, 5.41) is 14.5. The molecule has 0 aliphatic carbocycles. The molecule has 2 N–H and O–H groups in total. The minimum atomic E-state index is -0.493. The highest BCUT2D eigenvalue weighted by atomic mass is 35.5. The third kappa shape index (κ3) is 5.13. The van der Waals surface area contributed by atoms with E-state index >= 15 is 0 Å². The minimum Gasteiger partial charge on any atom is -0.486 e. The molecule has 2 amide bonds. The quantitative estimate of drug-likeness (QED) is 0.682. The maximum absolute atomic E-state index is 12.8. The SMILES string of the molecule is O=C(Nc1ccc(F)cc1)Nc1nnc(COc2ccc(Cl)cc2)s1. The summed E-state index contributed by atoms with van der Waals surface area (Å²) in [6.07, 6.45) is 0. The smallest absolute Gasteiger partial charge is 0.325 e. The van der Waals surface area contributed by atoms with Crippen molar-refractivity contribution in [1.29, 1.82) is 0 Å². The van der Waals surface area contributed by atoms with Crippen molar-refractivity contribution in [3.05, 3.63) is 64.4 Å². The molecule has 25 heavy (non-hydrogen) atoms. The Bertz CT molecular complexity index is 855. The Morgan fingerprint density at radius 3 is 2.52 bits per heavy atom. The van der Waals surface area contributed by atoms with Crippen molar-refractivity contribution in [2.45, 2.75) is 6.61 Å². The zero-order valence-electron chi connectivity index (χ0n) is 12.7. The molecule has 0 aliphatic rings. The van der Waals surface area contributed by atoms with Crippen molar-refractivity contribution in [1.82, 2.24) is 10.2 Å². The van der Waals surface area contributed by atoms with E-state index in [1.807, 2.05) is 0 Å². The van der Waals surface area contributed by atoms with Gasteiger partial charge in [-0.25, -0.2) is 9.18 Å². The molecule has 0 fully saturated rings. The summed E-state index contributed by atoms with van der Waals surface area (Å²) in [6.45, 7) is 0.223. The number of urea groups is 1. The molecule has 0 saturated heterocycles. The average molecular weight is 379 g/mol. The first-order valence-electron chi connectivity index (χ1n) is 7.13. The van der Waals surface area contributed by atoms with Crippen molar-refractivity contribution in [3.8, 4) is 5.75 Å². The van der Waals surface area contributed by atoms with Crippen LogP contribution in [0.15, 0.2) is 48.5 Å². The fraction of sp³-hybridized carbons (Fsp3) is 0.0625. The summed E-state index contributed by atoms with van der Waals surface area (Å²) in [4.78, 5) is 11.9. The fourth-order valence-electron chi connectivity index (χ4n) is 1.83. The summed E-state index contributed by atoms with van der Waals surface area (Å²) >= 11 is 7.00. The van der Waals surface area contributed by atoms with Crippen LogP contribution in [0.5, 0.6) is 5.75 Å². The van der Waals surface area contributed by atoms with Crippen LogP contribution < -0.4 is 15.4 Å². The van der Waals surface area contributed by atoms with Gasteiger partial charge in [0.2, 0.25) is 5.13 Å². The monoisotopic (exact) mass is 378 g/mol. The summed E-state index contributed by atoms with van der Waals surface area (Å²) in [5.41, 5.74) is 0.467. The van der Waals surface area contributed by atoms with Gasteiger partial charge in [0.05, 0.1) is 0 Å². The number of carbonyl (C=O) groups excluding carboxylic acids is 1. The molecule has 0 bridgehead atoms. The van der Waals surface area contributed by atoms with Gasteiger partial charge in [0, 0.05) is 10.7 Å². The number of halogens is 2. The number of benzene rings is 2. The van der Waals surface area contributed by atoms with Gasteiger partial charge in [0.1, 0.15) is 18.2 Å². The molecule has 3 aromatic rings. The third-order valence-electron chi connectivity index (χ3n) is 2.97. The Kier molecular flexibility index (Phi) is 5.42. The normalized spacial score (nSPS) is 10.3. The van der Waals surface area contributed by atoms with E-state index in [0.717, 1.165) is 0 Å². The van der Waals surface area contributed by atoms with E-state index in [9.17, 15) is 9.18 Å². The number of anilines is 2. The van der Waals surface area contributed by atoms with Crippen LogP contribution in [-0.4, -0.2) is 16.2 Å².